The maximum Gasteiger partial charge on any atom is 0.229 e. The van der Waals surface area contributed by atoms with E-state index in [1.807, 2.05) is 37.3 Å². The molecule has 27 heavy (non-hydrogen) atoms. The molecule has 0 aliphatic carbocycles. The summed E-state index contributed by atoms with van der Waals surface area (Å²) in [5.41, 5.74) is 3.11. The molecule has 1 fully saturated rings. The van der Waals surface area contributed by atoms with Gasteiger partial charge in [0.05, 0.1) is 17.1 Å². The lowest BCUT2D eigenvalue weighted by Crippen LogP contribution is -2.28. The predicted octanol–water partition coefficient (Wildman–Crippen LogP) is 4.19. The molecule has 0 radical (unpaired) electrons. The van der Waals surface area contributed by atoms with Gasteiger partial charge in [0.25, 0.3) is 0 Å². The van der Waals surface area contributed by atoms with Crippen LogP contribution in [0.1, 0.15) is 12.0 Å². The van der Waals surface area contributed by atoms with Crippen LogP contribution >= 0.6 is 11.6 Å². The number of rotatable bonds is 3. The standard InChI is InChI=1S/C21H18ClN3O2/c1-13-10-16(22)7-8-17(13)24-21(27)15-11-19(26)25(12-15)18-6-2-4-14-5-3-9-23-20(14)18/h2-10,15H,11-12H2,1H3,(H,24,27). The number of aromatic nitrogens is 1. The van der Waals surface area contributed by atoms with Gasteiger partial charge in [-0.15, -0.1) is 0 Å². The number of benzene rings is 2. The highest BCUT2D eigenvalue weighted by atomic mass is 35.5. The van der Waals surface area contributed by atoms with Crippen molar-refractivity contribution >= 4 is 45.7 Å². The van der Waals surface area contributed by atoms with Crippen molar-refractivity contribution < 1.29 is 9.59 Å². The van der Waals surface area contributed by atoms with Gasteiger partial charge >= 0.3 is 0 Å². The van der Waals surface area contributed by atoms with Crippen molar-refractivity contribution in [1.82, 2.24) is 4.98 Å². The number of halogens is 1. The summed E-state index contributed by atoms with van der Waals surface area (Å²) in [5.74, 6) is -0.642. The molecule has 1 atom stereocenters. The first-order valence-electron chi connectivity index (χ1n) is 8.74. The first-order valence-corrected chi connectivity index (χ1v) is 9.12. The summed E-state index contributed by atoms with van der Waals surface area (Å²) in [5, 5.41) is 4.50. The van der Waals surface area contributed by atoms with Crippen LogP contribution < -0.4 is 10.2 Å². The minimum atomic E-state index is -0.411. The third-order valence-electron chi connectivity index (χ3n) is 4.84. The number of hydrogen-bond donors (Lipinski definition) is 1. The van der Waals surface area contributed by atoms with Crippen molar-refractivity contribution in [2.24, 2.45) is 5.92 Å². The van der Waals surface area contributed by atoms with Gasteiger partial charge in [0.1, 0.15) is 0 Å². The molecular formula is C21H18ClN3O2. The van der Waals surface area contributed by atoms with E-state index in [0.29, 0.717) is 17.3 Å². The van der Waals surface area contributed by atoms with Crippen molar-refractivity contribution in [3.8, 4) is 0 Å². The molecule has 1 aliphatic heterocycles. The molecule has 0 bridgehead atoms. The van der Waals surface area contributed by atoms with Crippen molar-refractivity contribution in [3.63, 3.8) is 0 Å². The van der Waals surface area contributed by atoms with Crippen LogP contribution in [0, 0.1) is 12.8 Å². The fourth-order valence-corrected chi connectivity index (χ4v) is 3.65. The number of carbonyl (C=O) groups is 2. The Hall–Kier alpha value is -2.92. The van der Waals surface area contributed by atoms with Gasteiger partial charge in [-0.1, -0.05) is 29.8 Å². The molecule has 0 saturated carbocycles. The number of hydrogen-bond acceptors (Lipinski definition) is 3. The fourth-order valence-electron chi connectivity index (χ4n) is 3.42. The van der Waals surface area contributed by atoms with Gasteiger partial charge in [0, 0.05) is 35.3 Å². The topological polar surface area (TPSA) is 62.3 Å². The van der Waals surface area contributed by atoms with Crippen LogP contribution in [0.15, 0.2) is 54.7 Å². The zero-order valence-corrected chi connectivity index (χ0v) is 15.5. The average Bonchev–Trinajstić information content (AvgIpc) is 3.05. The van der Waals surface area contributed by atoms with Crippen molar-refractivity contribution in [2.45, 2.75) is 13.3 Å². The van der Waals surface area contributed by atoms with E-state index in [4.69, 9.17) is 11.6 Å². The van der Waals surface area contributed by atoms with Gasteiger partial charge in [-0.3, -0.25) is 14.6 Å². The van der Waals surface area contributed by atoms with Crippen molar-refractivity contribution in [2.75, 3.05) is 16.8 Å². The molecule has 136 valence electrons. The highest BCUT2D eigenvalue weighted by Crippen LogP contribution is 2.31. The second kappa shape index (κ2) is 7.00. The summed E-state index contributed by atoms with van der Waals surface area (Å²) in [7, 11) is 0. The lowest BCUT2D eigenvalue weighted by Gasteiger charge is -2.18. The minimum absolute atomic E-state index is 0.0684. The molecule has 2 amide bonds. The van der Waals surface area contributed by atoms with Gasteiger partial charge in [-0.25, -0.2) is 0 Å². The first kappa shape index (κ1) is 17.5. The van der Waals surface area contributed by atoms with E-state index >= 15 is 0 Å². The maximum atomic E-state index is 12.7. The molecule has 1 aliphatic rings. The number of pyridine rings is 1. The van der Waals surface area contributed by atoms with E-state index in [1.165, 1.54) is 0 Å². The smallest absolute Gasteiger partial charge is 0.229 e. The Morgan fingerprint density at radius 3 is 2.85 bits per heavy atom. The van der Waals surface area contributed by atoms with E-state index in [1.54, 1.807) is 29.3 Å². The first-order chi connectivity index (χ1) is 13.0. The summed E-state index contributed by atoms with van der Waals surface area (Å²) < 4.78 is 0. The summed E-state index contributed by atoms with van der Waals surface area (Å²) in [6.45, 7) is 2.22. The number of para-hydroxylation sites is 1. The Morgan fingerprint density at radius 1 is 1.22 bits per heavy atom. The van der Waals surface area contributed by atoms with E-state index in [2.05, 4.69) is 10.3 Å². The highest BCUT2D eigenvalue weighted by Gasteiger charge is 2.36. The van der Waals surface area contributed by atoms with Crippen LogP contribution in [0.5, 0.6) is 0 Å². The van der Waals surface area contributed by atoms with Gasteiger partial charge in [0.15, 0.2) is 0 Å². The number of carbonyl (C=O) groups excluding carboxylic acids is 2. The number of aryl methyl sites for hydroxylation is 1. The Labute approximate surface area is 162 Å². The molecule has 1 N–H and O–H groups in total. The van der Waals surface area contributed by atoms with E-state index in [9.17, 15) is 9.59 Å². The molecule has 0 spiro atoms. The van der Waals surface area contributed by atoms with Gasteiger partial charge < -0.3 is 10.2 Å². The Balaban J connectivity index is 1.56. The molecule has 6 heteroatoms. The normalized spacial score (nSPS) is 16.7. The second-order valence-electron chi connectivity index (χ2n) is 6.71. The fraction of sp³-hybridized carbons (Fsp3) is 0.190. The molecule has 1 unspecified atom stereocenters. The number of anilines is 2. The van der Waals surface area contributed by atoms with Crippen molar-refractivity contribution in [3.05, 3.63) is 65.3 Å². The largest absolute Gasteiger partial charge is 0.326 e. The SMILES string of the molecule is Cc1cc(Cl)ccc1NC(=O)C1CC(=O)N(c2cccc3cccnc23)C1. The molecule has 2 aromatic carbocycles. The van der Waals surface area contributed by atoms with Gasteiger partial charge in [-0.05, 0) is 42.8 Å². The van der Waals surface area contributed by atoms with E-state index < -0.39 is 5.92 Å². The number of nitrogens with zero attached hydrogens (tertiary/aromatic N) is 2. The lowest BCUT2D eigenvalue weighted by molar-refractivity contribution is -0.122. The second-order valence-corrected chi connectivity index (χ2v) is 7.14. The van der Waals surface area contributed by atoms with Crippen LogP contribution in [-0.4, -0.2) is 23.3 Å². The third-order valence-corrected chi connectivity index (χ3v) is 5.08. The third kappa shape index (κ3) is 3.38. The van der Waals surface area contributed by atoms with E-state index in [-0.39, 0.29) is 18.2 Å². The van der Waals surface area contributed by atoms with Crippen LogP contribution in [0.2, 0.25) is 5.02 Å². The zero-order chi connectivity index (χ0) is 19.0. The van der Waals surface area contributed by atoms with Crippen LogP contribution in [0.4, 0.5) is 11.4 Å². The average molecular weight is 380 g/mol. The van der Waals surface area contributed by atoms with Crippen LogP contribution in [0.3, 0.4) is 0 Å². The molecule has 5 nitrogen and oxygen atoms in total. The quantitative estimate of drug-likeness (QED) is 0.742. The summed E-state index contributed by atoms with van der Waals surface area (Å²) >= 11 is 5.96. The van der Waals surface area contributed by atoms with Gasteiger partial charge in [-0.2, -0.15) is 0 Å². The Kier molecular flexibility index (Phi) is 4.54. The Morgan fingerprint density at radius 2 is 2.04 bits per heavy atom. The maximum absolute atomic E-state index is 12.7. The predicted molar refractivity (Wildman–Crippen MR) is 107 cm³/mol. The lowest BCUT2D eigenvalue weighted by atomic mass is 10.1. The van der Waals surface area contributed by atoms with E-state index in [0.717, 1.165) is 22.2 Å². The van der Waals surface area contributed by atoms with Crippen LogP contribution in [0.25, 0.3) is 10.9 Å². The number of amides is 2. The number of nitrogens with one attached hydrogen (secondary N) is 1. The molecule has 2 heterocycles. The van der Waals surface area contributed by atoms with Crippen LogP contribution in [-0.2, 0) is 9.59 Å². The summed E-state index contributed by atoms with van der Waals surface area (Å²) in [6.07, 6.45) is 1.89. The van der Waals surface area contributed by atoms with Crippen molar-refractivity contribution in [1.29, 1.82) is 0 Å². The Bertz CT molecular complexity index is 1050. The molecular weight excluding hydrogens is 362 g/mol. The molecule has 1 saturated heterocycles. The molecule has 1 aromatic heterocycles. The number of fused-ring (bicyclic) bond motifs is 1. The summed E-state index contributed by atoms with van der Waals surface area (Å²) in [6, 6.07) is 14.9. The summed E-state index contributed by atoms with van der Waals surface area (Å²) in [4.78, 5) is 31.4. The minimum Gasteiger partial charge on any atom is -0.326 e. The van der Waals surface area contributed by atoms with Gasteiger partial charge in [0.2, 0.25) is 11.8 Å². The highest BCUT2D eigenvalue weighted by molar-refractivity contribution is 6.30. The molecule has 4 rings (SSSR count). The zero-order valence-electron chi connectivity index (χ0n) is 14.8. The monoisotopic (exact) mass is 379 g/mol. The molecule has 3 aromatic rings.